The van der Waals surface area contributed by atoms with Gasteiger partial charge in [-0.2, -0.15) is 0 Å². The number of anilines is 1. The first-order valence-electron chi connectivity index (χ1n) is 7.40. The fraction of sp³-hybridized carbons (Fsp3) is 0.667. The molecule has 0 aliphatic carbocycles. The predicted molar refractivity (Wildman–Crippen MR) is 85.5 cm³/mol. The number of hydrogen-bond donors (Lipinski definition) is 1. The van der Waals surface area contributed by atoms with E-state index in [0.29, 0.717) is 6.04 Å². The minimum atomic E-state index is 0.526. The van der Waals surface area contributed by atoms with E-state index in [1.807, 2.05) is 7.05 Å². The Hall–Kier alpha value is -0.840. The maximum Gasteiger partial charge on any atom is 0.129 e. The van der Waals surface area contributed by atoms with Gasteiger partial charge in [0.1, 0.15) is 5.82 Å². The van der Waals surface area contributed by atoms with Crippen molar-refractivity contribution in [2.24, 2.45) is 0 Å². The molecule has 5 heteroatoms. The van der Waals surface area contributed by atoms with Crippen molar-refractivity contribution in [3.05, 3.63) is 22.8 Å². The van der Waals surface area contributed by atoms with E-state index in [1.54, 1.807) is 6.20 Å². The SMILES string of the molecule is CCC1CN(C)CCCN1c1cc(CNC)c(Cl)cn1. The van der Waals surface area contributed by atoms with Crippen LogP contribution in [0, 0.1) is 0 Å². The van der Waals surface area contributed by atoms with Crippen LogP contribution in [-0.2, 0) is 6.54 Å². The molecule has 0 amide bonds. The Morgan fingerprint density at radius 2 is 2.25 bits per heavy atom. The minimum Gasteiger partial charge on any atom is -0.352 e. The van der Waals surface area contributed by atoms with Crippen LogP contribution >= 0.6 is 11.6 Å². The maximum atomic E-state index is 6.21. The number of halogens is 1. The van der Waals surface area contributed by atoms with E-state index in [4.69, 9.17) is 11.6 Å². The van der Waals surface area contributed by atoms with Gasteiger partial charge in [0.15, 0.2) is 0 Å². The lowest BCUT2D eigenvalue weighted by molar-refractivity contribution is 0.327. The summed E-state index contributed by atoms with van der Waals surface area (Å²) in [6, 6.07) is 2.66. The van der Waals surface area contributed by atoms with Gasteiger partial charge in [-0.1, -0.05) is 18.5 Å². The van der Waals surface area contributed by atoms with Gasteiger partial charge in [-0.15, -0.1) is 0 Å². The molecule has 1 saturated heterocycles. The fourth-order valence-corrected chi connectivity index (χ4v) is 3.02. The highest BCUT2D eigenvalue weighted by molar-refractivity contribution is 6.31. The van der Waals surface area contributed by atoms with Gasteiger partial charge in [0.2, 0.25) is 0 Å². The number of nitrogens with zero attached hydrogens (tertiary/aromatic N) is 3. The largest absolute Gasteiger partial charge is 0.352 e. The first-order chi connectivity index (χ1) is 9.65. The number of likely N-dealkylation sites (N-methyl/N-ethyl adjacent to an activating group) is 1. The minimum absolute atomic E-state index is 0.526. The molecule has 1 atom stereocenters. The molecule has 1 N–H and O–H groups in total. The van der Waals surface area contributed by atoms with Crippen LogP contribution in [0.4, 0.5) is 5.82 Å². The molecule has 2 rings (SSSR count). The summed E-state index contributed by atoms with van der Waals surface area (Å²) < 4.78 is 0. The lowest BCUT2D eigenvalue weighted by Gasteiger charge is -2.31. The van der Waals surface area contributed by atoms with E-state index >= 15 is 0 Å². The van der Waals surface area contributed by atoms with Crippen molar-refractivity contribution in [3.63, 3.8) is 0 Å². The van der Waals surface area contributed by atoms with E-state index in [0.717, 1.165) is 49.0 Å². The first kappa shape index (κ1) is 15.5. The molecule has 1 aliphatic heterocycles. The second-order valence-electron chi connectivity index (χ2n) is 5.54. The molecule has 1 fully saturated rings. The molecule has 4 nitrogen and oxygen atoms in total. The Morgan fingerprint density at radius 1 is 1.45 bits per heavy atom. The normalized spacial score (nSPS) is 21.0. The summed E-state index contributed by atoms with van der Waals surface area (Å²) in [5.41, 5.74) is 1.12. The van der Waals surface area contributed by atoms with Crippen LogP contribution in [-0.4, -0.2) is 49.7 Å². The summed E-state index contributed by atoms with van der Waals surface area (Å²) in [6.07, 6.45) is 4.10. The molecule has 112 valence electrons. The fourth-order valence-electron chi connectivity index (χ4n) is 2.85. The Bertz CT molecular complexity index is 438. The molecular formula is C15H25ClN4. The van der Waals surface area contributed by atoms with Crippen molar-refractivity contribution in [2.75, 3.05) is 38.6 Å². The number of nitrogens with one attached hydrogen (secondary N) is 1. The van der Waals surface area contributed by atoms with E-state index in [1.165, 1.54) is 6.42 Å². The molecule has 20 heavy (non-hydrogen) atoms. The molecule has 0 saturated carbocycles. The third-order valence-corrected chi connectivity index (χ3v) is 4.30. The molecule has 1 unspecified atom stereocenters. The Balaban J connectivity index is 2.25. The highest BCUT2D eigenvalue weighted by Gasteiger charge is 2.23. The number of pyridine rings is 1. The second kappa shape index (κ2) is 7.25. The zero-order valence-electron chi connectivity index (χ0n) is 12.7. The third kappa shape index (κ3) is 3.62. The maximum absolute atomic E-state index is 6.21. The van der Waals surface area contributed by atoms with Crippen molar-refractivity contribution in [1.29, 1.82) is 0 Å². The van der Waals surface area contributed by atoms with Crippen LogP contribution < -0.4 is 10.2 Å². The summed E-state index contributed by atoms with van der Waals surface area (Å²) in [6.45, 7) is 6.35. The van der Waals surface area contributed by atoms with E-state index < -0.39 is 0 Å². The highest BCUT2D eigenvalue weighted by atomic mass is 35.5. The van der Waals surface area contributed by atoms with Crippen molar-refractivity contribution >= 4 is 17.4 Å². The molecule has 2 heterocycles. The smallest absolute Gasteiger partial charge is 0.129 e. The van der Waals surface area contributed by atoms with Crippen LogP contribution in [0.2, 0.25) is 5.02 Å². The molecule has 0 spiro atoms. The Labute approximate surface area is 127 Å². The molecule has 1 aromatic heterocycles. The second-order valence-corrected chi connectivity index (χ2v) is 5.94. The van der Waals surface area contributed by atoms with Gasteiger partial charge in [-0.25, -0.2) is 4.98 Å². The summed E-state index contributed by atoms with van der Waals surface area (Å²) in [5.74, 6) is 1.06. The van der Waals surface area contributed by atoms with Gasteiger partial charge < -0.3 is 15.1 Å². The van der Waals surface area contributed by atoms with Crippen molar-refractivity contribution < 1.29 is 0 Å². The van der Waals surface area contributed by atoms with Crippen molar-refractivity contribution in [1.82, 2.24) is 15.2 Å². The monoisotopic (exact) mass is 296 g/mol. The summed E-state index contributed by atoms with van der Waals surface area (Å²) in [7, 11) is 4.14. The molecule has 0 radical (unpaired) electrons. The van der Waals surface area contributed by atoms with Crippen LogP contribution in [0.15, 0.2) is 12.3 Å². The van der Waals surface area contributed by atoms with Gasteiger partial charge >= 0.3 is 0 Å². The Kier molecular flexibility index (Phi) is 5.64. The lowest BCUT2D eigenvalue weighted by Crippen LogP contribution is -2.40. The quantitative estimate of drug-likeness (QED) is 0.924. The van der Waals surface area contributed by atoms with Gasteiger partial charge in [0, 0.05) is 31.9 Å². The zero-order chi connectivity index (χ0) is 14.5. The van der Waals surface area contributed by atoms with E-state index in [9.17, 15) is 0 Å². The van der Waals surface area contributed by atoms with Gasteiger partial charge in [-0.05, 0) is 45.1 Å². The van der Waals surface area contributed by atoms with Crippen molar-refractivity contribution in [2.45, 2.75) is 32.4 Å². The van der Waals surface area contributed by atoms with Crippen LogP contribution in [0.5, 0.6) is 0 Å². The summed E-state index contributed by atoms with van der Waals surface area (Å²) in [5, 5.41) is 3.90. The average Bonchev–Trinajstić information content (AvgIpc) is 2.63. The van der Waals surface area contributed by atoms with E-state index in [-0.39, 0.29) is 0 Å². The Morgan fingerprint density at radius 3 is 2.95 bits per heavy atom. The molecular weight excluding hydrogens is 272 g/mol. The summed E-state index contributed by atoms with van der Waals surface area (Å²) in [4.78, 5) is 9.42. The third-order valence-electron chi connectivity index (χ3n) is 3.96. The van der Waals surface area contributed by atoms with Crippen LogP contribution in [0.25, 0.3) is 0 Å². The topological polar surface area (TPSA) is 31.4 Å². The zero-order valence-corrected chi connectivity index (χ0v) is 13.5. The molecule has 0 bridgehead atoms. The van der Waals surface area contributed by atoms with Gasteiger partial charge in [0.25, 0.3) is 0 Å². The predicted octanol–water partition coefficient (Wildman–Crippen LogP) is 2.37. The van der Waals surface area contributed by atoms with E-state index in [2.05, 4.69) is 40.1 Å². The standard InChI is InChI=1S/C15H25ClN4/c1-4-13-11-19(3)6-5-7-20(13)15-8-12(9-17-2)14(16)10-18-15/h8,10,13,17H,4-7,9,11H2,1-3H3. The van der Waals surface area contributed by atoms with Crippen LogP contribution in [0.3, 0.4) is 0 Å². The lowest BCUT2D eigenvalue weighted by atomic mass is 10.1. The highest BCUT2D eigenvalue weighted by Crippen LogP contribution is 2.24. The number of hydrogen-bond acceptors (Lipinski definition) is 4. The number of rotatable bonds is 4. The summed E-state index contributed by atoms with van der Waals surface area (Å²) >= 11 is 6.21. The number of aromatic nitrogens is 1. The molecule has 0 aromatic carbocycles. The molecule has 1 aliphatic rings. The molecule has 1 aromatic rings. The van der Waals surface area contributed by atoms with Crippen molar-refractivity contribution in [3.8, 4) is 0 Å². The van der Waals surface area contributed by atoms with Crippen LogP contribution in [0.1, 0.15) is 25.3 Å². The van der Waals surface area contributed by atoms with Gasteiger partial charge in [-0.3, -0.25) is 0 Å². The average molecular weight is 297 g/mol. The van der Waals surface area contributed by atoms with Gasteiger partial charge in [0.05, 0.1) is 5.02 Å². The first-order valence-corrected chi connectivity index (χ1v) is 7.77.